The van der Waals surface area contributed by atoms with Crippen molar-refractivity contribution < 1.29 is 9.18 Å². The molecule has 1 N–H and O–H groups in total. The molecule has 3 aromatic rings. The zero-order valence-electron chi connectivity index (χ0n) is 12.6. The van der Waals surface area contributed by atoms with Crippen molar-refractivity contribution in [2.75, 3.05) is 0 Å². The number of para-hydroxylation sites is 2. The smallest absolute Gasteiger partial charge is 0.329 e. The molecule has 6 heteroatoms. The fourth-order valence-electron chi connectivity index (χ4n) is 2.55. The van der Waals surface area contributed by atoms with Gasteiger partial charge in [-0.15, -0.1) is 0 Å². The fraction of sp³-hybridized carbons (Fsp3) is 0.176. The number of aromatic nitrogens is 2. The second-order valence-electron chi connectivity index (χ2n) is 5.28. The first-order valence-corrected chi connectivity index (χ1v) is 7.22. The van der Waals surface area contributed by atoms with Crippen LogP contribution < -0.4 is 11.0 Å². The van der Waals surface area contributed by atoms with Gasteiger partial charge in [-0.2, -0.15) is 0 Å². The van der Waals surface area contributed by atoms with E-state index in [1.807, 2.05) is 18.2 Å². The van der Waals surface area contributed by atoms with Crippen LogP contribution in [0.15, 0.2) is 53.3 Å². The standard InChI is InChI=1S/C17H16FN3O2/c1-20-14-8-4-5-9-15(14)21(17(20)23)11-16(22)19-10-12-6-2-3-7-13(12)18/h2-9H,10-11H2,1H3,(H,19,22). The lowest BCUT2D eigenvalue weighted by atomic mass is 10.2. The van der Waals surface area contributed by atoms with Crippen molar-refractivity contribution >= 4 is 16.9 Å². The first-order chi connectivity index (χ1) is 11.1. The molecule has 3 rings (SSSR count). The number of fused-ring (bicyclic) bond motifs is 1. The molecule has 5 nitrogen and oxygen atoms in total. The van der Waals surface area contributed by atoms with Crippen LogP contribution in [0.5, 0.6) is 0 Å². The molecule has 1 amide bonds. The molecular formula is C17H16FN3O2. The highest BCUT2D eigenvalue weighted by atomic mass is 19.1. The second-order valence-corrected chi connectivity index (χ2v) is 5.28. The van der Waals surface area contributed by atoms with Crippen LogP contribution in [-0.2, 0) is 24.9 Å². The lowest BCUT2D eigenvalue weighted by Crippen LogP contribution is -2.32. The first kappa shape index (κ1) is 15.0. The summed E-state index contributed by atoms with van der Waals surface area (Å²) in [7, 11) is 1.67. The lowest BCUT2D eigenvalue weighted by molar-refractivity contribution is -0.121. The maximum absolute atomic E-state index is 13.5. The Balaban J connectivity index is 1.78. The van der Waals surface area contributed by atoms with Crippen molar-refractivity contribution in [3.8, 4) is 0 Å². The highest BCUT2D eigenvalue weighted by Crippen LogP contribution is 2.11. The number of carbonyl (C=O) groups excluding carboxylic acids is 1. The molecule has 0 saturated carbocycles. The van der Waals surface area contributed by atoms with Crippen molar-refractivity contribution in [2.24, 2.45) is 7.05 Å². The SMILES string of the molecule is Cn1c(=O)n(CC(=O)NCc2ccccc2F)c2ccccc21. The van der Waals surface area contributed by atoms with Gasteiger partial charge < -0.3 is 5.32 Å². The van der Waals surface area contributed by atoms with Crippen LogP contribution in [0.25, 0.3) is 11.0 Å². The number of imidazole rings is 1. The van der Waals surface area contributed by atoms with Crippen LogP contribution in [0.2, 0.25) is 0 Å². The maximum atomic E-state index is 13.5. The van der Waals surface area contributed by atoms with Gasteiger partial charge in [0.1, 0.15) is 12.4 Å². The molecule has 0 unspecified atom stereocenters. The monoisotopic (exact) mass is 313 g/mol. The average molecular weight is 313 g/mol. The largest absolute Gasteiger partial charge is 0.350 e. The summed E-state index contributed by atoms with van der Waals surface area (Å²) in [5, 5.41) is 2.64. The lowest BCUT2D eigenvalue weighted by Gasteiger charge is -2.07. The van der Waals surface area contributed by atoms with Gasteiger partial charge in [-0.3, -0.25) is 13.9 Å². The van der Waals surface area contributed by atoms with Gasteiger partial charge in [0, 0.05) is 19.2 Å². The summed E-state index contributed by atoms with van der Waals surface area (Å²) >= 11 is 0. The number of hydrogen-bond donors (Lipinski definition) is 1. The van der Waals surface area contributed by atoms with E-state index in [9.17, 15) is 14.0 Å². The van der Waals surface area contributed by atoms with Gasteiger partial charge in [0.05, 0.1) is 11.0 Å². The molecule has 0 aliphatic heterocycles. The van der Waals surface area contributed by atoms with Crippen LogP contribution in [0.1, 0.15) is 5.56 Å². The molecule has 0 radical (unpaired) electrons. The molecule has 0 bridgehead atoms. The Bertz CT molecular complexity index is 927. The van der Waals surface area contributed by atoms with E-state index in [0.717, 1.165) is 5.52 Å². The van der Waals surface area contributed by atoms with Crippen LogP contribution in [-0.4, -0.2) is 15.0 Å². The zero-order chi connectivity index (χ0) is 16.4. The van der Waals surface area contributed by atoms with Crippen molar-refractivity contribution in [2.45, 2.75) is 13.1 Å². The number of hydrogen-bond acceptors (Lipinski definition) is 2. The first-order valence-electron chi connectivity index (χ1n) is 7.22. The molecule has 1 aromatic heterocycles. The average Bonchev–Trinajstić information content (AvgIpc) is 2.80. The molecule has 0 saturated heterocycles. The predicted octanol–water partition coefficient (Wildman–Crippen LogP) is 1.80. The number of benzene rings is 2. The van der Waals surface area contributed by atoms with Gasteiger partial charge in [-0.1, -0.05) is 30.3 Å². The summed E-state index contributed by atoms with van der Waals surface area (Å²) in [6, 6.07) is 13.5. The van der Waals surface area contributed by atoms with E-state index in [2.05, 4.69) is 5.32 Å². The Morgan fingerprint density at radius 3 is 2.48 bits per heavy atom. The number of nitrogens with one attached hydrogen (secondary N) is 1. The van der Waals surface area contributed by atoms with Gasteiger partial charge in [0.2, 0.25) is 5.91 Å². The van der Waals surface area contributed by atoms with Gasteiger partial charge in [-0.25, -0.2) is 9.18 Å². The van der Waals surface area contributed by atoms with Crippen molar-refractivity contribution in [1.82, 2.24) is 14.5 Å². The summed E-state index contributed by atoms with van der Waals surface area (Å²) in [5.74, 6) is -0.707. The molecule has 0 fully saturated rings. The molecule has 0 aliphatic rings. The topological polar surface area (TPSA) is 56.0 Å². The normalized spacial score (nSPS) is 10.9. The Morgan fingerprint density at radius 2 is 1.74 bits per heavy atom. The molecule has 0 spiro atoms. The van der Waals surface area contributed by atoms with E-state index in [-0.39, 0.29) is 30.5 Å². The number of rotatable bonds is 4. The van der Waals surface area contributed by atoms with E-state index < -0.39 is 0 Å². The summed E-state index contributed by atoms with van der Waals surface area (Å²) in [6.07, 6.45) is 0. The molecule has 1 heterocycles. The summed E-state index contributed by atoms with van der Waals surface area (Å²) in [4.78, 5) is 24.3. The predicted molar refractivity (Wildman–Crippen MR) is 85.4 cm³/mol. The Labute approximate surface area is 132 Å². The Morgan fingerprint density at radius 1 is 1.09 bits per heavy atom. The number of nitrogens with zero attached hydrogens (tertiary/aromatic N) is 2. The summed E-state index contributed by atoms with van der Waals surface area (Å²) in [5.41, 5.74) is 1.61. The van der Waals surface area contributed by atoms with Crippen LogP contribution >= 0.6 is 0 Å². The van der Waals surface area contributed by atoms with E-state index in [1.165, 1.54) is 15.2 Å². The molecule has 0 aliphatic carbocycles. The van der Waals surface area contributed by atoms with Crippen LogP contribution in [0, 0.1) is 5.82 Å². The van der Waals surface area contributed by atoms with Gasteiger partial charge >= 0.3 is 5.69 Å². The molecule has 0 atom stereocenters. The highest BCUT2D eigenvalue weighted by Gasteiger charge is 2.13. The third-order valence-electron chi connectivity index (χ3n) is 3.79. The van der Waals surface area contributed by atoms with Crippen molar-refractivity contribution in [3.63, 3.8) is 0 Å². The zero-order valence-corrected chi connectivity index (χ0v) is 12.6. The summed E-state index contributed by atoms with van der Waals surface area (Å²) < 4.78 is 16.4. The minimum atomic E-state index is -0.366. The van der Waals surface area contributed by atoms with E-state index in [1.54, 1.807) is 31.3 Å². The van der Waals surface area contributed by atoms with Crippen molar-refractivity contribution in [3.05, 3.63) is 70.4 Å². The maximum Gasteiger partial charge on any atom is 0.329 e. The van der Waals surface area contributed by atoms with Crippen LogP contribution in [0.3, 0.4) is 0 Å². The van der Waals surface area contributed by atoms with Crippen LogP contribution in [0.4, 0.5) is 4.39 Å². The number of aryl methyl sites for hydroxylation is 1. The summed E-state index contributed by atoms with van der Waals surface area (Å²) in [6.45, 7) is -0.0142. The van der Waals surface area contributed by atoms with Gasteiger partial charge in [0.15, 0.2) is 0 Å². The Hall–Kier alpha value is -2.89. The second kappa shape index (κ2) is 6.08. The van der Waals surface area contributed by atoms with E-state index in [4.69, 9.17) is 0 Å². The number of carbonyl (C=O) groups is 1. The third-order valence-corrected chi connectivity index (χ3v) is 3.79. The molecule has 23 heavy (non-hydrogen) atoms. The van der Waals surface area contributed by atoms with E-state index in [0.29, 0.717) is 11.1 Å². The molecule has 118 valence electrons. The van der Waals surface area contributed by atoms with Gasteiger partial charge in [-0.05, 0) is 18.2 Å². The molecular weight excluding hydrogens is 297 g/mol. The van der Waals surface area contributed by atoms with Gasteiger partial charge in [0.25, 0.3) is 0 Å². The fourth-order valence-corrected chi connectivity index (χ4v) is 2.55. The van der Waals surface area contributed by atoms with Crippen molar-refractivity contribution in [1.29, 1.82) is 0 Å². The molecule has 2 aromatic carbocycles. The highest BCUT2D eigenvalue weighted by molar-refractivity contribution is 5.80. The quantitative estimate of drug-likeness (QED) is 0.798. The number of halogens is 1. The minimum Gasteiger partial charge on any atom is -0.350 e. The minimum absolute atomic E-state index is 0.0883. The van der Waals surface area contributed by atoms with E-state index >= 15 is 0 Å². The number of amides is 1. The third kappa shape index (κ3) is 2.88. The Kier molecular flexibility index (Phi) is 3.97.